The quantitative estimate of drug-likeness (QED) is 0.381. The van der Waals surface area contributed by atoms with Gasteiger partial charge in [0.2, 0.25) is 0 Å². The van der Waals surface area contributed by atoms with Crippen molar-refractivity contribution in [3.8, 4) is 11.5 Å². The van der Waals surface area contributed by atoms with Crippen LogP contribution in [0.1, 0.15) is 18.1 Å². The molecule has 0 spiro atoms. The first-order valence-corrected chi connectivity index (χ1v) is 9.88. The van der Waals surface area contributed by atoms with Gasteiger partial charge in [0.1, 0.15) is 24.7 Å². The van der Waals surface area contributed by atoms with Gasteiger partial charge in [0.05, 0.1) is 13.7 Å². The Morgan fingerprint density at radius 2 is 1.97 bits per heavy atom. The maximum absolute atomic E-state index is 13.8. The van der Waals surface area contributed by atoms with E-state index in [1.165, 1.54) is 13.2 Å². The SMILES string of the molecule is CCOc1cc(/C=C2\NC(=S)N(CC(=O)OC)C2=O)ccc1OCc1ccccc1F. The van der Waals surface area contributed by atoms with Crippen LogP contribution in [0, 0.1) is 5.82 Å². The van der Waals surface area contributed by atoms with Gasteiger partial charge in [-0.2, -0.15) is 0 Å². The van der Waals surface area contributed by atoms with E-state index in [1.807, 2.05) is 6.92 Å². The number of esters is 1. The summed E-state index contributed by atoms with van der Waals surface area (Å²) in [4.78, 5) is 25.2. The van der Waals surface area contributed by atoms with Crippen molar-refractivity contribution in [3.05, 3.63) is 65.1 Å². The van der Waals surface area contributed by atoms with Crippen molar-refractivity contribution in [1.29, 1.82) is 0 Å². The first kappa shape index (κ1) is 22.2. The molecule has 1 aliphatic heterocycles. The molecule has 7 nitrogen and oxygen atoms in total. The summed E-state index contributed by atoms with van der Waals surface area (Å²) in [6, 6.07) is 11.5. The Balaban J connectivity index is 1.79. The number of methoxy groups -OCH3 is 1. The zero-order valence-electron chi connectivity index (χ0n) is 17.0. The average molecular weight is 444 g/mol. The lowest BCUT2D eigenvalue weighted by molar-refractivity contribution is -0.143. The van der Waals surface area contributed by atoms with Crippen LogP contribution in [0.3, 0.4) is 0 Å². The molecule has 2 aromatic rings. The summed E-state index contributed by atoms with van der Waals surface area (Å²) in [5, 5.41) is 2.92. The number of benzene rings is 2. The lowest BCUT2D eigenvalue weighted by Gasteiger charge is -2.13. The number of halogens is 1. The minimum atomic E-state index is -0.575. The zero-order chi connectivity index (χ0) is 22.4. The van der Waals surface area contributed by atoms with E-state index in [2.05, 4.69) is 10.1 Å². The molecule has 0 saturated carbocycles. The summed E-state index contributed by atoms with van der Waals surface area (Å²) >= 11 is 5.13. The highest BCUT2D eigenvalue weighted by Gasteiger charge is 2.32. The number of rotatable bonds is 8. The molecule has 0 atom stereocenters. The number of ether oxygens (including phenoxy) is 3. The van der Waals surface area contributed by atoms with Gasteiger partial charge in [-0.1, -0.05) is 24.3 Å². The summed E-state index contributed by atoms with van der Waals surface area (Å²) in [5.41, 5.74) is 1.30. The molecule has 31 heavy (non-hydrogen) atoms. The largest absolute Gasteiger partial charge is 0.490 e. The third-order valence-corrected chi connectivity index (χ3v) is 4.72. The third kappa shape index (κ3) is 5.37. The fourth-order valence-electron chi connectivity index (χ4n) is 2.85. The van der Waals surface area contributed by atoms with E-state index in [0.717, 1.165) is 4.90 Å². The van der Waals surface area contributed by atoms with Gasteiger partial charge >= 0.3 is 5.97 Å². The van der Waals surface area contributed by atoms with Gasteiger partial charge in [-0.25, -0.2) is 4.39 Å². The zero-order valence-corrected chi connectivity index (χ0v) is 17.8. The van der Waals surface area contributed by atoms with Crippen molar-refractivity contribution in [1.82, 2.24) is 10.2 Å². The van der Waals surface area contributed by atoms with Crippen LogP contribution in [0.4, 0.5) is 4.39 Å². The summed E-state index contributed by atoms with van der Waals surface area (Å²) in [6.45, 7) is 2.00. The highest BCUT2D eigenvalue weighted by atomic mass is 32.1. The predicted molar refractivity (Wildman–Crippen MR) is 116 cm³/mol. The molecule has 1 N–H and O–H groups in total. The monoisotopic (exact) mass is 444 g/mol. The van der Waals surface area contributed by atoms with Gasteiger partial charge in [0.25, 0.3) is 5.91 Å². The fourth-order valence-corrected chi connectivity index (χ4v) is 3.11. The third-order valence-electron chi connectivity index (χ3n) is 4.40. The van der Waals surface area contributed by atoms with E-state index in [4.69, 9.17) is 21.7 Å². The van der Waals surface area contributed by atoms with E-state index >= 15 is 0 Å². The number of hydrogen-bond acceptors (Lipinski definition) is 6. The van der Waals surface area contributed by atoms with Crippen molar-refractivity contribution >= 4 is 35.3 Å². The average Bonchev–Trinajstić information content (AvgIpc) is 3.01. The fraction of sp³-hybridized carbons (Fsp3) is 0.227. The summed E-state index contributed by atoms with van der Waals surface area (Å²) < 4.78 is 29.8. The van der Waals surface area contributed by atoms with E-state index in [0.29, 0.717) is 29.2 Å². The van der Waals surface area contributed by atoms with Gasteiger partial charge in [-0.15, -0.1) is 0 Å². The Morgan fingerprint density at radius 3 is 2.68 bits per heavy atom. The molecule has 2 aromatic carbocycles. The van der Waals surface area contributed by atoms with Crippen LogP contribution in [0.5, 0.6) is 11.5 Å². The van der Waals surface area contributed by atoms with Crippen LogP contribution in [0.15, 0.2) is 48.2 Å². The van der Waals surface area contributed by atoms with Gasteiger partial charge in [0, 0.05) is 5.56 Å². The van der Waals surface area contributed by atoms with Gasteiger partial charge in [-0.3, -0.25) is 14.5 Å². The lowest BCUT2D eigenvalue weighted by Crippen LogP contribution is -2.35. The number of hydrogen-bond donors (Lipinski definition) is 1. The molecule has 0 bridgehead atoms. The van der Waals surface area contributed by atoms with E-state index in [1.54, 1.807) is 42.5 Å². The smallest absolute Gasteiger partial charge is 0.325 e. The molecule has 1 aliphatic rings. The predicted octanol–water partition coefficient (Wildman–Crippen LogP) is 3.03. The van der Waals surface area contributed by atoms with E-state index < -0.39 is 11.9 Å². The normalized spacial score (nSPS) is 14.5. The van der Waals surface area contributed by atoms with Crippen LogP contribution < -0.4 is 14.8 Å². The first-order chi connectivity index (χ1) is 14.9. The number of carbonyl (C=O) groups is 2. The van der Waals surface area contributed by atoms with Crippen molar-refractivity contribution < 1.29 is 28.2 Å². The second kappa shape index (κ2) is 10.0. The first-order valence-electron chi connectivity index (χ1n) is 9.47. The van der Waals surface area contributed by atoms with Crippen LogP contribution in [-0.4, -0.2) is 42.2 Å². The van der Waals surface area contributed by atoms with Crippen LogP contribution in [0.25, 0.3) is 6.08 Å². The maximum Gasteiger partial charge on any atom is 0.325 e. The Kier molecular flexibility index (Phi) is 7.19. The number of carbonyl (C=O) groups excluding carboxylic acids is 2. The van der Waals surface area contributed by atoms with Crippen LogP contribution in [0.2, 0.25) is 0 Å². The molecule has 0 aliphatic carbocycles. The molecule has 1 amide bonds. The van der Waals surface area contributed by atoms with Gasteiger partial charge in [-0.05, 0) is 49.0 Å². The van der Waals surface area contributed by atoms with Crippen molar-refractivity contribution in [2.24, 2.45) is 0 Å². The van der Waals surface area contributed by atoms with Crippen molar-refractivity contribution in [3.63, 3.8) is 0 Å². The maximum atomic E-state index is 13.8. The number of thiocarbonyl (C=S) groups is 1. The molecule has 0 aromatic heterocycles. The summed E-state index contributed by atoms with van der Waals surface area (Å²) in [5.74, 6) is -0.462. The number of amides is 1. The number of nitrogens with zero attached hydrogens (tertiary/aromatic N) is 1. The molecule has 162 valence electrons. The molecule has 1 heterocycles. The standard InChI is InChI=1S/C22H21FN2O5S/c1-3-29-19-11-14(8-9-18(19)30-13-15-6-4-5-7-16(15)23)10-17-21(27)25(22(31)24-17)12-20(26)28-2/h4-11H,3,12-13H2,1-2H3,(H,24,31)/b17-10-. The molecular weight excluding hydrogens is 423 g/mol. The molecular formula is C22H21FN2O5S. The lowest BCUT2D eigenvalue weighted by atomic mass is 10.1. The van der Waals surface area contributed by atoms with Gasteiger partial charge in [0.15, 0.2) is 16.6 Å². The molecule has 9 heteroatoms. The molecule has 1 saturated heterocycles. The van der Waals surface area contributed by atoms with E-state index in [-0.39, 0.29) is 29.8 Å². The van der Waals surface area contributed by atoms with Crippen LogP contribution in [-0.2, 0) is 20.9 Å². The summed E-state index contributed by atoms with van der Waals surface area (Å²) in [7, 11) is 1.24. The van der Waals surface area contributed by atoms with Gasteiger partial charge < -0.3 is 19.5 Å². The minimum absolute atomic E-state index is 0.0456. The van der Waals surface area contributed by atoms with Crippen LogP contribution >= 0.6 is 12.2 Å². The molecule has 1 fully saturated rings. The second-order valence-corrected chi connectivity index (χ2v) is 6.86. The summed E-state index contributed by atoms with van der Waals surface area (Å²) in [6.07, 6.45) is 1.59. The molecule has 0 unspecified atom stereocenters. The van der Waals surface area contributed by atoms with Crippen molar-refractivity contribution in [2.75, 3.05) is 20.3 Å². The Bertz CT molecular complexity index is 1040. The van der Waals surface area contributed by atoms with Crippen molar-refractivity contribution in [2.45, 2.75) is 13.5 Å². The molecule has 0 radical (unpaired) electrons. The highest BCUT2D eigenvalue weighted by molar-refractivity contribution is 7.80. The van der Waals surface area contributed by atoms with E-state index in [9.17, 15) is 14.0 Å². The Labute approximate surface area is 184 Å². The number of nitrogens with one attached hydrogen (secondary N) is 1. The Morgan fingerprint density at radius 1 is 1.19 bits per heavy atom. The topological polar surface area (TPSA) is 77.1 Å². The highest BCUT2D eigenvalue weighted by Crippen LogP contribution is 2.30. The Hall–Kier alpha value is -3.46. The molecule has 3 rings (SSSR count). The second-order valence-electron chi connectivity index (χ2n) is 6.47. The minimum Gasteiger partial charge on any atom is -0.490 e.